The minimum absolute atomic E-state index is 0.154. The van der Waals surface area contributed by atoms with E-state index in [1.165, 1.54) is 13.8 Å². The Morgan fingerprint density at radius 1 is 0.977 bits per heavy atom. The van der Waals surface area contributed by atoms with E-state index in [1.54, 1.807) is 6.20 Å². The summed E-state index contributed by atoms with van der Waals surface area (Å²) in [6.07, 6.45) is 2.93. The van der Waals surface area contributed by atoms with Crippen LogP contribution in [0.15, 0.2) is 66.9 Å². The maximum atomic E-state index is 12.2. The van der Waals surface area contributed by atoms with Crippen LogP contribution < -0.4 is 11.1 Å². The second-order valence-corrected chi connectivity index (χ2v) is 12.3. The summed E-state index contributed by atoms with van der Waals surface area (Å²) in [7, 11) is 0. The van der Waals surface area contributed by atoms with Crippen LogP contribution in [0, 0.1) is 0 Å². The van der Waals surface area contributed by atoms with Gasteiger partial charge in [0.25, 0.3) is 0 Å². The first-order valence-corrected chi connectivity index (χ1v) is 14.9. The number of nitrogens with zero attached hydrogens (tertiary/aromatic N) is 2. The molecular weight excluding hydrogens is 569 g/mol. The molecule has 2 fully saturated rings. The Labute approximate surface area is 256 Å². The Morgan fingerprint density at radius 2 is 1.57 bits per heavy atom. The van der Waals surface area contributed by atoms with Gasteiger partial charge in [-0.25, -0.2) is 4.98 Å². The number of halogens is 3. The van der Waals surface area contributed by atoms with E-state index in [0.717, 1.165) is 52.0 Å². The summed E-state index contributed by atoms with van der Waals surface area (Å²) in [5, 5.41) is 12.8. The highest BCUT2D eigenvalue weighted by atomic mass is 19.4. The van der Waals surface area contributed by atoms with Crippen LogP contribution in [0.1, 0.15) is 71.3 Å². The molecule has 236 valence electrons. The number of aromatic nitrogens is 1. The molecule has 2 aliphatic carbocycles. The van der Waals surface area contributed by atoms with Gasteiger partial charge < -0.3 is 21.1 Å². The molecule has 0 atom stereocenters. The largest absolute Gasteiger partial charge is 0.406 e. The Hall–Kier alpha value is -3.76. The molecule has 2 aromatic carbocycles. The lowest BCUT2D eigenvalue weighted by Gasteiger charge is -2.49. The van der Waals surface area contributed by atoms with E-state index >= 15 is 0 Å². The van der Waals surface area contributed by atoms with Crippen molar-refractivity contribution >= 4 is 17.6 Å². The Kier molecular flexibility index (Phi) is 10.2. The van der Waals surface area contributed by atoms with Crippen LogP contribution in [0.3, 0.4) is 0 Å². The maximum absolute atomic E-state index is 12.2. The number of pyridine rings is 1. The summed E-state index contributed by atoms with van der Waals surface area (Å²) in [6.45, 7) is 3.39. The minimum Gasteiger partial charge on any atom is -0.390 e. The summed E-state index contributed by atoms with van der Waals surface area (Å²) >= 11 is 0. The molecule has 7 nitrogen and oxygen atoms in total. The number of nitrogens with two attached hydrogens (primary N) is 1. The van der Waals surface area contributed by atoms with E-state index < -0.39 is 29.8 Å². The number of carbonyl (C=O) groups is 2. The van der Waals surface area contributed by atoms with Crippen molar-refractivity contribution in [3.05, 3.63) is 72.4 Å². The summed E-state index contributed by atoms with van der Waals surface area (Å²) in [5.74, 6) is -0.105. The van der Waals surface area contributed by atoms with Gasteiger partial charge in [0.2, 0.25) is 11.8 Å². The van der Waals surface area contributed by atoms with Crippen LogP contribution in [0.2, 0.25) is 0 Å². The topological polar surface area (TPSA) is 109 Å². The summed E-state index contributed by atoms with van der Waals surface area (Å²) in [5.41, 5.74) is 10.4. The Bertz CT molecular complexity index is 1430. The molecule has 0 saturated heterocycles. The van der Waals surface area contributed by atoms with E-state index in [4.69, 9.17) is 5.73 Å². The van der Waals surface area contributed by atoms with E-state index in [2.05, 4.69) is 10.3 Å². The molecule has 2 amide bonds. The van der Waals surface area contributed by atoms with Gasteiger partial charge in [0.15, 0.2) is 0 Å². The standard InChI is InChI=1S/C24H25N3O2.C10H16F3NO/c1-16(28)27-22-12-20(17-6-4-3-5-7-17)21(13-26-22)18-8-10-19(11-9-18)24(25)14-23(2,29)15-24;1-8(15)14(7-10(11,12)13)9-5-3-2-4-6-9/h3-13,29H,14-15,25H2,1-2H3,(H,26,27,28);9H,2-7H2,1H3. The van der Waals surface area contributed by atoms with Crippen molar-refractivity contribution in [1.82, 2.24) is 9.88 Å². The number of amides is 2. The average molecular weight is 611 g/mol. The Morgan fingerprint density at radius 3 is 2.09 bits per heavy atom. The molecule has 0 bridgehead atoms. The van der Waals surface area contributed by atoms with Crippen LogP contribution in [0.25, 0.3) is 22.3 Å². The fourth-order valence-electron chi connectivity index (χ4n) is 6.37. The second-order valence-electron chi connectivity index (χ2n) is 12.3. The van der Waals surface area contributed by atoms with Gasteiger partial charge in [0, 0.05) is 37.2 Å². The van der Waals surface area contributed by atoms with Crippen molar-refractivity contribution in [2.75, 3.05) is 11.9 Å². The number of aliphatic hydroxyl groups is 1. The van der Waals surface area contributed by atoms with Gasteiger partial charge in [0.1, 0.15) is 12.4 Å². The third-order valence-corrected chi connectivity index (χ3v) is 8.23. The maximum Gasteiger partial charge on any atom is 0.406 e. The molecule has 4 N–H and O–H groups in total. The molecule has 3 aromatic rings. The van der Waals surface area contributed by atoms with Gasteiger partial charge in [-0.1, -0.05) is 73.9 Å². The molecule has 44 heavy (non-hydrogen) atoms. The van der Waals surface area contributed by atoms with Gasteiger partial charge in [0.05, 0.1) is 5.60 Å². The summed E-state index contributed by atoms with van der Waals surface area (Å²) < 4.78 is 36.7. The minimum atomic E-state index is -4.29. The van der Waals surface area contributed by atoms with Gasteiger partial charge in [-0.2, -0.15) is 13.2 Å². The lowest BCUT2D eigenvalue weighted by atomic mass is 9.63. The second kappa shape index (κ2) is 13.5. The summed E-state index contributed by atoms with van der Waals surface area (Å²) in [4.78, 5) is 28.0. The number of rotatable bonds is 6. The van der Waals surface area contributed by atoms with Crippen LogP contribution >= 0.6 is 0 Å². The molecule has 2 saturated carbocycles. The van der Waals surface area contributed by atoms with E-state index in [9.17, 15) is 27.9 Å². The van der Waals surface area contributed by atoms with Gasteiger partial charge in [-0.05, 0) is 60.9 Å². The van der Waals surface area contributed by atoms with E-state index in [0.29, 0.717) is 31.5 Å². The zero-order valence-electron chi connectivity index (χ0n) is 25.5. The first-order chi connectivity index (χ1) is 20.7. The lowest BCUT2D eigenvalue weighted by Crippen LogP contribution is -2.58. The normalized spacial score (nSPS) is 21.8. The molecular formula is C34H41F3N4O3. The predicted octanol–water partition coefficient (Wildman–Crippen LogP) is 6.80. The van der Waals surface area contributed by atoms with E-state index in [-0.39, 0.29) is 11.9 Å². The van der Waals surface area contributed by atoms with Crippen molar-refractivity contribution < 1.29 is 27.9 Å². The van der Waals surface area contributed by atoms with Crippen LogP contribution in [-0.2, 0) is 15.1 Å². The quantitative estimate of drug-likeness (QED) is 0.284. The number of anilines is 1. The number of carbonyl (C=O) groups excluding carboxylic acids is 2. The molecule has 0 aliphatic heterocycles. The molecule has 0 radical (unpaired) electrons. The highest BCUT2D eigenvalue weighted by Crippen LogP contribution is 2.46. The van der Waals surface area contributed by atoms with Crippen LogP contribution in [0.5, 0.6) is 0 Å². The molecule has 10 heteroatoms. The number of hydrogen-bond donors (Lipinski definition) is 3. The SMILES string of the molecule is CC(=O)N(CC(F)(F)F)C1CCCCC1.CC(=O)Nc1cc(-c2ccccc2)c(-c2ccc(C3(N)CC(C)(O)C3)cc2)cn1. The monoisotopic (exact) mass is 610 g/mol. The van der Waals surface area contributed by atoms with Gasteiger partial charge in [-0.3, -0.25) is 9.59 Å². The fraction of sp³-hybridized carbons (Fsp3) is 0.441. The zero-order chi connectivity index (χ0) is 32.1. The molecule has 0 spiro atoms. The average Bonchev–Trinajstić information content (AvgIpc) is 2.95. The predicted molar refractivity (Wildman–Crippen MR) is 165 cm³/mol. The van der Waals surface area contributed by atoms with Crippen molar-refractivity contribution in [2.24, 2.45) is 5.73 Å². The van der Waals surface area contributed by atoms with Crippen molar-refractivity contribution in [3.63, 3.8) is 0 Å². The molecule has 2 aliphatic rings. The highest BCUT2D eigenvalue weighted by molar-refractivity contribution is 5.91. The van der Waals surface area contributed by atoms with Crippen LogP contribution in [0.4, 0.5) is 19.0 Å². The first kappa shape index (κ1) is 33.1. The number of hydrogen-bond acceptors (Lipinski definition) is 5. The van der Waals surface area contributed by atoms with Gasteiger partial charge in [-0.15, -0.1) is 0 Å². The smallest absolute Gasteiger partial charge is 0.390 e. The number of alkyl halides is 3. The number of nitrogens with one attached hydrogen (secondary N) is 1. The van der Waals surface area contributed by atoms with Crippen molar-refractivity contribution in [1.29, 1.82) is 0 Å². The van der Waals surface area contributed by atoms with E-state index in [1.807, 2.05) is 67.6 Å². The Balaban J connectivity index is 0.000000249. The highest BCUT2D eigenvalue weighted by Gasteiger charge is 2.49. The fourth-order valence-corrected chi connectivity index (χ4v) is 6.37. The first-order valence-electron chi connectivity index (χ1n) is 14.9. The zero-order valence-corrected chi connectivity index (χ0v) is 25.5. The lowest BCUT2D eigenvalue weighted by molar-refractivity contribution is -0.165. The van der Waals surface area contributed by atoms with Crippen LogP contribution in [-0.4, -0.2) is 51.2 Å². The third kappa shape index (κ3) is 8.66. The van der Waals surface area contributed by atoms with Crippen molar-refractivity contribution in [3.8, 4) is 22.3 Å². The third-order valence-electron chi connectivity index (χ3n) is 8.23. The molecule has 1 aromatic heterocycles. The number of benzene rings is 2. The van der Waals surface area contributed by atoms with Gasteiger partial charge >= 0.3 is 6.18 Å². The summed E-state index contributed by atoms with van der Waals surface area (Å²) in [6, 6.07) is 19.8. The molecule has 5 rings (SSSR count). The molecule has 0 unspecified atom stereocenters. The van der Waals surface area contributed by atoms with Crippen molar-refractivity contribution in [2.45, 2.75) is 89.1 Å². The molecule has 1 heterocycles.